The number of piperidine rings is 1. The van der Waals surface area contributed by atoms with Gasteiger partial charge in [0.15, 0.2) is 5.82 Å². The fraction of sp³-hybridized carbons (Fsp3) is 0.550. The first-order valence-corrected chi connectivity index (χ1v) is 9.41. The Morgan fingerprint density at radius 2 is 1.93 bits per heavy atom. The van der Waals surface area contributed by atoms with Gasteiger partial charge in [0.05, 0.1) is 24.2 Å². The molecule has 1 N–H and O–H groups in total. The third-order valence-electron chi connectivity index (χ3n) is 4.49. The predicted octanol–water partition coefficient (Wildman–Crippen LogP) is 3.84. The Morgan fingerprint density at radius 1 is 1.22 bits per heavy atom. The molecule has 7 heteroatoms. The lowest BCUT2D eigenvalue weighted by atomic mass is 10.0. The van der Waals surface area contributed by atoms with Gasteiger partial charge in [-0.25, -0.2) is 14.8 Å². The van der Waals surface area contributed by atoms with Gasteiger partial charge in [0.2, 0.25) is 0 Å². The summed E-state index contributed by atoms with van der Waals surface area (Å²) in [6, 6.07) is 7.72. The maximum absolute atomic E-state index is 12.6. The first kappa shape index (κ1) is 19.2. The van der Waals surface area contributed by atoms with Crippen molar-refractivity contribution in [3.8, 4) is 5.88 Å². The van der Waals surface area contributed by atoms with Gasteiger partial charge in [0.25, 0.3) is 5.88 Å². The van der Waals surface area contributed by atoms with E-state index in [1.165, 1.54) is 0 Å². The van der Waals surface area contributed by atoms with E-state index < -0.39 is 5.60 Å². The summed E-state index contributed by atoms with van der Waals surface area (Å²) in [5, 5.41) is 3.33. The standard InChI is InChI=1S/C20H28N4O3/c1-20(2,3)27-19(25)24-12-8-7-9-14(24)13-21-17-18(26-4)23-16-11-6-5-10-15(16)22-17/h5-6,10-11,14H,7-9,12-13H2,1-4H3,(H,21,22)/t14-/m0/s1. The number of methoxy groups -OCH3 is 1. The van der Waals surface area contributed by atoms with Gasteiger partial charge in [-0.1, -0.05) is 12.1 Å². The predicted molar refractivity (Wildman–Crippen MR) is 105 cm³/mol. The number of fused-ring (bicyclic) bond motifs is 1. The molecule has 1 aliphatic heterocycles. The molecular formula is C20H28N4O3. The number of nitrogens with one attached hydrogen (secondary N) is 1. The van der Waals surface area contributed by atoms with Gasteiger partial charge >= 0.3 is 6.09 Å². The molecule has 1 amide bonds. The van der Waals surface area contributed by atoms with Gasteiger partial charge in [0, 0.05) is 13.1 Å². The van der Waals surface area contributed by atoms with Crippen LogP contribution in [0.25, 0.3) is 11.0 Å². The number of aromatic nitrogens is 2. The molecule has 3 rings (SSSR count). The summed E-state index contributed by atoms with van der Waals surface area (Å²) in [6.45, 7) is 6.94. The molecule has 2 heterocycles. The number of anilines is 1. The molecule has 0 saturated carbocycles. The lowest BCUT2D eigenvalue weighted by molar-refractivity contribution is 0.0114. The normalized spacial score (nSPS) is 17.6. The Balaban J connectivity index is 1.74. The van der Waals surface area contributed by atoms with Gasteiger partial charge in [-0.05, 0) is 52.2 Å². The summed E-state index contributed by atoms with van der Waals surface area (Å²) in [6.07, 6.45) is 2.75. The number of benzene rings is 1. The maximum Gasteiger partial charge on any atom is 0.410 e. The van der Waals surface area contributed by atoms with Crippen molar-refractivity contribution in [3.63, 3.8) is 0 Å². The van der Waals surface area contributed by atoms with Crippen molar-refractivity contribution in [2.75, 3.05) is 25.5 Å². The summed E-state index contributed by atoms with van der Waals surface area (Å²) in [7, 11) is 1.58. The van der Waals surface area contributed by atoms with Crippen LogP contribution in [0.2, 0.25) is 0 Å². The number of carbonyl (C=O) groups excluding carboxylic acids is 1. The quantitative estimate of drug-likeness (QED) is 0.879. The van der Waals surface area contributed by atoms with Crippen molar-refractivity contribution in [1.82, 2.24) is 14.9 Å². The van der Waals surface area contributed by atoms with Crippen LogP contribution < -0.4 is 10.1 Å². The van der Waals surface area contributed by atoms with Crippen molar-refractivity contribution < 1.29 is 14.3 Å². The van der Waals surface area contributed by atoms with E-state index >= 15 is 0 Å². The van der Waals surface area contributed by atoms with Crippen LogP contribution in [0.4, 0.5) is 10.6 Å². The van der Waals surface area contributed by atoms with Crippen LogP contribution in [0.3, 0.4) is 0 Å². The summed E-state index contributed by atoms with van der Waals surface area (Å²) >= 11 is 0. The van der Waals surface area contributed by atoms with Crippen LogP contribution in [0.1, 0.15) is 40.0 Å². The molecule has 0 unspecified atom stereocenters. The third-order valence-corrected chi connectivity index (χ3v) is 4.49. The van der Waals surface area contributed by atoms with Gasteiger partial charge in [-0.15, -0.1) is 0 Å². The second-order valence-electron chi connectivity index (χ2n) is 7.77. The van der Waals surface area contributed by atoms with Gasteiger partial charge < -0.3 is 19.7 Å². The number of carbonyl (C=O) groups is 1. The molecule has 0 bridgehead atoms. The highest BCUT2D eigenvalue weighted by Crippen LogP contribution is 2.25. The highest BCUT2D eigenvalue weighted by Gasteiger charge is 2.30. The number of nitrogens with zero attached hydrogens (tertiary/aromatic N) is 3. The summed E-state index contributed by atoms with van der Waals surface area (Å²) in [5.74, 6) is 1.04. The Morgan fingerprint density at radius 3 is 2.59 bits per heavy atom. The van der Waals surface area contributed by atoms with E-state index in [9.17, 15) is 4.79 Å². The first-order valence-electron chi connectivity index (χ1n) is 9.41. The van der Waals surface area contributed by atoms with Crippen molar-refractivity contribution in [2.45, 2.75) is 51.7 Å². The second kappa shape index (κ2) is 7.98. The average Bonchev–Trinajstić information content (AvgIpc) is 2.64. The molecule has 7 nitrogen and oxygen atoms in total. The molecule has 1 fully saturated rings. The monoisotopic (exact) mass is 372 g/mol. The van der Waals surface area contributed by atoms with Crippen LogP contribution in [0.5, 0.6) is 5.88 Å². The zero-order chi connectivity index (χ0) is 19.4. The number of rotatable bonds is 4. The highest BCUT2D eigenvalue weighted by atomic mass is 16.6. The topological polar surface area (TPSA) is 76.6 Å². The Labute approximate surface area is 160 Å². The van der Waals surface area contributed by atoms with Crippen LogP contribution in [0.15, 0.2) is 24.3 Å². The highest BCUT2D eigenvalue weighted by molar-refractivity contribution is 5.77. The molecule has 1 saturated heterocycles. The molecule has 146 valence electrons. The summed E-state index contributed by atoms with van der Waals surface area (Å²) in [5.41, 5.74) is 1.08. The van der Waals surface area contributed by atoms with Crippen LogP contribution >= 0.6 is 0 Å². The molecule has 1 atom stereocenters. The number of ether oxygens (including phenoxy) is 2. The Kier molecular flexibility index (Phi) is 5.68. The Bertz CT molecular complexity index is 803. The summed E-state index contributed by atoms with van der Waals surface area (Å²) < 4.78 is 11.0. The lowest BCUT2D eigenvalue weighted by Crippen LogP contribution is -2.49. The van der Waals surface area contributed by atoms with Crippen molar-refractivity contribution in [1.29, 1.82) is 0 Å². The molecule has 2 aromatic rings. The third kappa shape index (κ3) is 4.78. The number of hydrogen-bond acceptors (Lipinski definition) is 6. The van der Waals surface area contributed by atoms with Gasteiger partial charge in [-0.3, -0.25) is 0 Å². The smallest absolute Gasteiger partial charge is 0.410 e. The SMILES string of the molecule is COc1nc2ccccc2nc1NC[C@@H]1CCCCN1C(=O)OC(C)(C)C. The average molecular weight is 372 g/mol. The summed E-state index contributed by atoms with van der Waals surface area (Å²) in [4.78, 5) is 23.5. The molecule has 1 aliphatic rings. The second-order valence-corrected chi connectivity index (χ2v) is 7.77. The minimum absolute atomic E-state index is 0.0478. The molecule has 0 aliphatic carbocycles. The lowest BCUT2D eigenvalue weighted by Gasteiger charge is -2.36. The maximum atomic E-state index is 12.6. The molecule has 1 aromatic carbocycles. The molecule has 1 aromatic heterocycles. The number of likely N-dealkylation sites (tertiary alicyclic amines) is 1. The molecule has 0 spiro atoms. The van der Waals surface area contributed by atoms with Crippen molar-refractivity contribution in [3.05, 3.63) is 24.3 Å². The van der Waals surface area contributed by atoms with Crippen molar-refractivity contribution >= 4 is 22.9 Å². The largest absolute Gasteiger partial charge is 0.478 e. The van der Waals surface area contributed by atoms with E-state index in [4.69, 9.17) is 9.47 Å². The molecule has 0 radical (unpaired) electrons. The zero-order valence-electron chi connectivity index (χ0n) is 16.5. The fourth-order valence-corrected chi connectivity index (χ4v) is 3.23. The van der Waals surface area contributed by atoms with E-state index in [0.717, 1.165) is 30.3 Å². The van der Waals surface area contributed by atoms with E-state index in [1.807, 2.05) is 49.9 Å². The Hall–Kier alpha value is -2.57. The van der Waals surface area contributed by atoms with E-state index in [0.29, 0.717) is 24.8 Å². The van der Waals surface area contributed by atoms with E-state index in [1.54, 1.807) is 7.11 Å². The minimum atomic E-state index is -0.500. The van der Waals surface area contributed by atoms with Crippen LogP contribution in [-0.4, -0.2) is 52.8 Å². The van der Waals surface area contributed by atoms with E-state index in [-0.39, 0.29) is 12.1 Å². The number of amides is 1. The van der Waals surface area contributed by atoms with E-state index in [2.05, 4.69) is 15.3 Å². The molecular weight excluding hydrogens is 344 g/mol. The first-order chi connectivity index (χ1) is 12.9. The van der Waals surface area contributed by atoms with Crippen LogP contribution in [-0.2, 0) is 4.74 Å². The molecule has 27 heavy (non-hydrogen) atoms. The number of hydrogen-bond donors (Lipinski definition) is 1. The van der Waals surface area contributed by atoms with Crippen LogP contribution in [0, 0.1) is 0 Å². The number of para-hydroxylation sites is 2. The van der Waals surface area contributed by atoms with Gasteiger partial charge in [0.1, 0.15) is 5.60 Å². The minimum Gasteiger partial charge on any atom is -0.478 e. The zero-order valence-corrected chi connectivity index (χ0v) is 16.5. The van der Waals surface area contributed by atoms with Gasteiger partial charge in [-0.2, -0.15) is 0 Å². The van der Waals surface area contributed by atoms with Crippen molar-refractivity contribution in [2.24, 2.45) is 0 Å². The fourth-order valence-electron chi connectivity index (χ4n) is 3.23.